The van der Waals surface area contributed by atoms with Gasteiger partial charge in [-0.05, 0) is 62.9 Å². The predicted molar refractivity (Wildman–Crippen MR) is 132 cm³/mol. The summed E-state index contributed by atoms with van der Waals surface area (Å²) >= 11 is 0. The molecule has 1 atom stereocenters. The molecule has 1 aliphatic carbocycles. The molecule has 1 fully saturated rings. The number of Topliss-reactive ketones (excluding diaryl/α,β-unsaturated/α-hetero) is 1. The van der Waals surface area contributed by atoms with Gasteiger partial charge >= 0.3 is 0 Å². The number of aliphatic hydroxyl groups is 1. The van der Waals surface area contributed by atoms with E-state index in [0.29, 0.717) is 29.3 Å². The van der Waals surface area contributed by atoms with Gasteiger partial charge in [0.15, 0.2) is 17.3 Å². The standard InChI is InChI=1S/C28H32N2O4/c1-18-4-6-19(7-5-18)27-21(17-29)9-13-26(30-27)28(2,32)15-14-23(31)20-8-12-24(25(16-20)33-3)34-22-10-11-22/h4-9,12-13,16,22,32H,10-11,14-15,17,29H2,1-3H3. The zero-order chi connectivity index (χ0) is 24.3. The molecule has 6 heteroatoms. The van der Waals surface area contributed by atoms with Gasteiger partial charge in [0.2, 0.25) is 0 Å². The summed E-state index contributed by atoms with van der Waals surface area (Å²) in [6, 6.07) is 17.0. The van der Waals surface area contributed by atoms with Crippen molar-refractivity contribution in [3.05, 3.63) is 77.0 Å². The molecule has 3 aromatic rings. The maximum atomic E-state index is 12.9. The molecule has 0 spiro atoms. The minimum atomic E-state index is -1.28. The van der Waals surface area contributed by atoms with E-state index >= 15 is 0 Å². The summed E-state index contributed by atoms with van der Waals surface area (Å²) in [4.78, 5) is 17.7. The topological polar surface area (TPSA) is 94.7 Å². The number of pyridine rings is 1. The number of rotatable bonds is 10. The van der Waals surface area contributed by atoms with E-state index in [1.165, 1.54) is 0 Å². The molecular formula is C28H32N2O4. The van der Waals surface area contributed by atoms with Crippen LogP contribution >= 0.6 is 0 Å². The van der Waals surface area contributed by atoms with E-state index in [1.54, 1.807) is 38.3 Å². The molecule has 1 aromatic heterocycles. The fourth-order valence-electron chi connectivity index (χ4n) is 3.85. The van der Waals surface area contributed by atoms with Gasteiger partial charge < -0.3 is 20.3 Å². The first-order valence-electron chi connectivity index (χ1n) is 11.7. The van der Waals surface area contributed by atoms with Crippen LogP contribution in [0.2, 0.25) is 0 Å². The first kappa shape index (κ1) is 23.9. The van der Waals surface area contributed by atoms with Crippen LogP contribution in [-0.2, 0) is 12.1 Å². The highest BCUT2D eigenvalue weighted by molar-refractivity contribution is 5.96. The molecule has 6 nitrogen and oxygen atoms in total. The number of hydrogen-bond donors (Lipinski definition) is 2. The maximum Gasteiger partial charge on any atom is 0.163 e. The molecule has 1 unspecified atom stereocenters. The second-order valence-corrected chi connectivity index (χ2v) is 9.15. The molecule has 4 rings (SSSR count). The van der Waals surface area contributed by atoms with Crippen LogP contribution in [0, 0.1) is 6.92 Å². The Labute approximate surface area is 200 Å². The van der Waals surface area contributed by atoms with Crippen LogP contribution in [0.25, 0.3) is 11.3 Å². The Hall–Kier alpha value is -3.22. The van der Waals surface area contributed by atoms with Gasteiger partial charge in [-0.2, -0.15) is 0 Å². The van der Waals surface area contributed by atoms with Gasteiger partial charge in [-0.3, -0.25) is 4.79 Å². The fourth-order valence-corrected chi connectivity index (χ4v) is 3.85. The number of ether oxygens (including phenoxy) is 2. The third kappa shape index (κ3) is 5.46. The van der Waals surface area contributed by atoms with Crippen molar-refractivity contribution in [2.24, 2.45) is 5.73 Å². The van der Waals surface area contributed by atoms with Gasteiger partial charge in [0, 0.05) is 24.1 Å². The molecule has 0 aliphatic heterocycles. The molecule has 34 heavy (non-hydrogen) atoms. The largest absolute Gasteiger partial charge is 0.493 e. The summed E-state index contributed by atoms with van der Waals surface area (Å²) in [6.45, 7) is 4.07. The smallest absolute Gasteiger partial charge is 0.163 e. The van der Waals surface area contributed by atoms with Gasteiger partial charge in [-0.15, -0.1) is 0 Å². The average Bonchev–Trinajstić information content (AvgIpc) is 3.67. The van der Waals surface area contributed by atoms with E-state index in [1.807, 2.05) is 37.3 Å². The third-order valence-corrected chi connectivity index (χ3v) is 6.22. The summed E-state index contributed by atoms with van der Waals surface area (Å²) in [5, 5.41) is 11.2. The second kappa shape index (κ2) is 9.95. The van der Waals surface area contributed by atoms with Gasteiger partial charge in [-0.1, -0.05) is 35.9 Å². The van der Waals surface area contributed by atoms with Crippen molar-refractivity contribution in [3.63, 3.8) is 0 Å². The van der Waals surface area contributed by atoms with Gasteiger partial charge in [0.25, 0.3) is 0 Å². The van der Waals surface area contributed by atoms with Gasteiger partial charge in [0.05, 0.1) is 24.6 Å². The summed E-state index contributed by atoms with van der Waals surface area (Å²) in [6.07, 6.45) is 2.74. The summed E-state index contributed by atoms with van der Waals surface area (Å²) in [5.41, 5.74) is 9.46. The van der Waals surface area contributed by atoms with Crippen molar-refractivity contribution in [2.45, 2.75) is 57.8 Å². The predicted octanol–water partition coefficient (Wildman–Crippen LogP) is 4.94. The Balaban J connectivity index is 1.50. The quantitative estimate of drug-likeness (QED) is 0.416. The summed E-state index contributed by atoms with van der Waals surface area (Å²) in [7, 11) is 1.57. The third-order valence-electron chi connectivity index (χ3n) is 6.22. The second-order valence-electron chi connectivity index (χ2n) is 9.15. The Morgan fingerprint density at radius 2 is 1.85 bits per heavy atom. The highest BCUT2D eigenvalue weighted by Gasteiger charge is 2.28. The Bertz CT molecular complexity index is 1170. The van der Waals surface area contributed by atoms with Crippen molar-refractivity contribution in [1.82, 2.24) is 4.98 Å². The number of carbonyl (C=O) groups excluding carboxylic acids is 1. The number of nitrogens with zero attached hydrogens (tertiary/aromatic N) is 1. The fraction of sp³-hybridized carbons (Fsp3) is 0.357. The zero-order valence-electron chi connectivity index (χ0n) is 20.0. The van der Waals surface area contributed by atoms with E-state index in [9.17, 15) is 9.90 Å². The van der Waals surface area contributed by atoms with E-state index < -0.39 is 5.60 Å². The van der Waals surface area contributed by atoms with Crippen LogP contribution in [0.3, 0.4) is 0 Å². The Morgan fingerprint density at radius 3 is 2.50 bits per heavy atom. The first-order chi connectivity index (χ1) is 16.3. The molecule has 1 heterocycles. The molecular weight excluding hydrogens is 428 g/mol. The normalized spacial score (nSPS) is 15.0. The number of ketones is 1. The number of nitrogens with two attached hydrogens (primary N) is 1. The van der Waals surface area contributed by atoms with E-state index in [4.69, 9.17) is 20.2 Å². The zero-order valence-corrected chi connectivity index (χ0v) is 20.0. The van der Waals surface area contributed by atoms with Crippen molar-refractivity contribution < 1.29 is 19.4 Å². The summed E-state index contributed by atoms with van der Waals surface area (Å²) < 4.78 is 11.3. The lowest BCUT2D eigenvalue weighted by atomic mass is 9.91. The number of aromatic nitrogens is 1. The van der Waals surface area contributed by atoms with Crippen LogP contribution in [0.1, 0.15) is 59.8 Å². The first-order valence-corrected chi connectivity index (χ1v) is 11.7. The lowest BCUT2D eigenvalue weighted by Crippen LogP contribution is -2.24. The van der Waals surface area contributed by atoms with Crippen molar-refractivity contribution in [3.8, 4) is 22.8 Å². The molecule has 178 valence electrons. The molecule has 2 aromatic carbocycles. The molecule has 0 radical (unpaired) electrons. The Kier molecular flexibility index (Phi) is 7.00. The molecule has 0 saturated heterocycles. The van der Waals surface area contributed by atoms with Crippen molar-refractivity contribution >= 4 is 5.78 Å². The minimum Gasteiger partial charge on any atom is -0.493 e. The molecule has 1 aliphatic rings. The maximum absolute atomic E-state index is 12.9. The van der Waals surface area contributed by atoms with Gasteiger partial charge in [0.1, 0.15) is 5.60 Å². The Morgan fingerprint density at radius 1 is 1.12 bits per heavy atom. The highest BCUT2D eigenvalue weighted by atomic mass is 16.5. The van der Waals surface area contributed by atoms with Crippen molar-refractivity contribution in [2.75, 3.05) is 7.11 Å². The SMILES string of the molecule is COc1cc(C(=O)CCC(C)(O)c2ccc(CN)c(-c3ccc(C)cc3)n2)ccc1OC1CC1. The van der Waals surface area contributed by atoms with E-state index in [2.05, 4.69) is 0 Å². The van der Waals surface area contributed by atoms with Crippen LogP contribution < -0.4 is 15.2 Å². The number of methoxy groups -OCH3 is 1. The highest BCUT2D eigenvalue weighted by Crippen LogP contribution is 2.35. The lowest BCUT2D eigenvalue weighted by Gasteiger charge is -2.24. The molecule has 0 amide bonds. The number of hydrogen-bond acceptors (Lipinski definition) is 6. The number of carbonyl (C=O) groups is 1. The number of benzene rings is 2. The average molecular weight is 461 g/mol. The van der Waals surface area contributed by atoms with Crippen LogP contribution in [0.5, 0.6) is 11.5 Å². The molecule has 3 N–H and O–H groups in total. The van der Waals surface area contributed by atoms with Crippen LogP contribution in [-0.4, -0.2) is 29.1 Å². The molecule has 0 bridgehead atoms. The van der Waals surface area contributed by atoms with Crippen LogP contribution in [0.15, 0.2) is 54.6 Å². The van der Waals surface area contributed by atoms with Crippen molar-refractivity contribution in [1.29, 1.82) is 0 Å². The lowest BCUT2D eigenvalue weighted by molar-refractivity contribution is 0.0397. The van der Waals surface area contributed by atoms with Gasteiger partial charge in [-0.25, -0.2) is 4.98 Å². The minimum absolute atomic E-state index is 0.0751. The van der Waals surface area contributed by atoms with Crippen LogP contribution in [0.4, 0.5) is 0 Å². The molecule has 1 saturated carbocycles. The van der Waals surface area contributed by atoms with E-state index in [-0.39, 0.29) is 24.7 Å². The summed E-state index contributed by atoms with van der Waals surface area (Å²) in [5.74, 6) is 1.13. The monoisotopic (exact) mass is 460 g/mol. The van der Waals surface area contributed by atoms with E-state index in [0.717, 1.165) is 35.2 Å². The number of aryl methyl sites for hydroxylation is 1.